The number of hydrogen-bond acceptors (Lipinski definition) is 5. The maximum Gasteiger partial charge on any atom is 0.226 e. The fourth-order valence-electron chi connectivity index (χ4n) is 0.571. The summed E-state index contributed by atoms with van der Waals surface area (Å²) in [7, 11) is -7.39. The first-order chi connectivity index (χ1) is 5.62. The van der Waals surface area contributed by atoms with Crippen LogP contribution in [0.2, 0.25) is 0 Å². The molecule has 80 valence electrons. The first kappa shape index (κ1) is 12.8. The Morgan fingerprint density at radius 2 is 1.77 bits per heavy atom. The highest BCUT2D eigenvalue weighted by Crippen LogP contribution is 1.92. The lowest BCUT2D eigenvalue weighted by Gasteiger charge is -2.06. The molecular formula is C5H13NO5S2. The normalized spacial score (nSPS) is 15.6. The number of aliphatic hydroxyl groups excluding tert-OH is 1. The summed E-state index contributed by atoms with van der Waals surface area (Å²) in [6, 6.07) is 0. The van der Waals surface area contributed by atoms with Crippen molar-refractivity contribution >= 4 is 19.9 Å². The zero-order valence-electron chi connectivity index (χ0n) is 7.39. The van der Waals surface area contributed by atoms with E-state index in [9.17, 15) is 16.8 Å². The lowest BCUT2D eigenvalue weighted by Crippen LogP contribution is -2.34. The number of aliphatic hydroxyl groups is 1. The molecule has 6 nitrogen and oxygen atoms in total. The molecule has 0 saturated heterocycles. The molecule has 0 saturated carbocycles. The molecular weight excluding hydrogens is 218 g/mol. The van der Waals surface area contributed by atoms with Gasteiger partial charge in [0.1, 0.15) is 0 Å². The van der Waals surface area contributed by atoms with Gasteiger partial charge in [-0.3, -0.25) is 0 Å². The average Bonchev–Trinajstić information content (AvgIpc) is 1.78. The number of nitrogens with one attached hydrogen (secondary N) is 1. The lowest BCUT2D eigenvalue weighted by atomic mass is 10.4. The van der Waals surface area contributed by atoms with Crippen LogP contribution in [-0.4, -0.2) is 45.9 Å². The summed E-state index contributed by atoms with van der Waals surface area (Å²) in [6.07, 6.45) is -0.0106. The molecule has 0 heterocycles. The van der Waals surface area contributed by atoms with Gasteiger partial charge in [0, 0.05) is 12.8 Å². The molecule has 0 aliphatic heterocycles. The van der Waals surface area contributed by atoms with Gasteiger partial charge in [0.2, 0.25) is 10.0 Å². The third-order valence-corrected chi connectivity index (χ3v) is 4.53. The molecule has 0 fully saturated rings. The predicted molar refractivity (Wildman–Crippen MR) is 48.3 cm³/mol. The van der Waals surface area contributed by atoms with E-state index < -0.39 is 31.0 Å². The minimum atomic E-state index is -3.83. The highest BCUT2D eigenvalue weighted by Gasteiger charge is 2.17. The molecule has 0 aromatic carbocycles. The van der Waals surface area contributed by atoms with Gasteiger partial charge < -0.3 is 5.11 Å². The van der Waals surface area contributed by atoms with E-state index in [1.54, 1.807) is 0 Å². The van der Waals surface area contributed by atoms with Crippen molar-refractivity contribution in [1.29, 1.82) is 0 Å². The highest BCUT2D eigenvalue weighted by molar-refractivity contribution is 8.06. The highest BCUT2D eigenvalue weighted by atomic mass is 32.3. The Morgan fingerprint density at radius 3 is 2.08 bits per heavy atom. The van der Waals surface area contributed by atoms with E-state index in [4.69, 9.17) is 5.11 Å². The largest absolute Gasteiger partial charge is 0.392 e. The van der Waals surface area contributed by atoms with Crippen LogP contribution in [0.4, 0.5) is 0 Å². The third-order valence-electron chi connectivity index (χ3n) is 0.968. The maximum absolute atomic E-state index is 10.9. The molecule has 0 bridgehead atoms. The Morgan fingerprint density at radius 1 is 1.31 bits per heavy atom. The number of hydrogen-bond donors (Lipinski definition) is 2. The molecule has 0 radical (unpaired) electrons. The summed E-state index contributed by atoms with van der Waals surface area (Å²) >= 11 is 0. The minimum Gasteiger partial charge on any atom is -0.392 e. The van der Waals surface area contributed by atoms with Crippen LogP contribution >= 0.6 is 0 Å². The van der Waals surface area contributed by atoms with Gasteiger partial charge >= 0.3 is 0 Å². The van der Waals surface area contributed by atoms with Gasteiger partial charge in [-0.25, -0.2) is 21.6 Å². The van der Waals surface area contributed by atoms with Crippen molar-refractivity contribution in [2.75, 3.05) is 17.9 Å². The molecule has 0 aromatic heterocycles. The Hall–Kier alpha value is -0.180. The molecule has 2 N–H and O–H groups in total. The van der Waals surface area contributed by atoms with Gasteiger partial charge in [-0.05, 0) is 6.92 Å². The molecule has 0 aliphatic rings. The quantitative estimate of drug-likeness (QED) is 0.586. The van der Waals surface area contributed by atoms with E-state index >= 15 is 0 Å². The van der Waals surface area contributed by atoms with Crippen molar-refractivity contribution < 1.29 is 21.9 Å². The van der Waals surface area contributed by atoms with E-state index in [1.165, 1.54) is 6.92 Å². The second-order valence-corrected chi connectivity index (χ2v) is 7.17. The summed E-state index contributed by atoms with van der Waals surface area (Å²) in [4.78, 5) is 0. The molecule has 1 unspecified atom stereocenters. The smallest absolute Gasteiger partial charge is 0.226 e. The van der Waals surface area contributed by atoms with E-state index in [1.807, 2.05) is 4.72 Å². The molecule has 0 aliphatic carbocycles. The summed E-state index contributed by atoms with van der Waals surface area (Å²) < 4.78 is 45.1. The van der Waals surface area contributed by atoms with E-state index in [-0.39, 0.29) is 6.54 Å². The van der Waals surface area contributed by atoms with Gasteiger partial charge in [0.15, 0.2) is 14.9 Å². The molecule has 13 heavy (non-hydrogen) atoms. The SMILES string of the molecule is CC(O)CNS(=O)(=O)CS(C)(=O)=O. The standard InChI is InChI=1S/C5H13NO5S2/c1-5(7)3-6-13(10,11)4-12(2,8)9/h5-7H,3-4H2,1-2H3. The summed E-state index contributed by atoms with van der Waals surface area (Å²) in [5.74, 6) is 0. The van der Waals surface area contributed by atoms with Crippen LogP contribution in [-0.2, 0) is 19.9 Å². The summed E-state index contributed by atoms with van der Waals surface area (Å²) in [6.45, 7) is 1.21. The van der Waals surface area contributed by atoms with Crippen LogP contribution in [0.5, 0.6) is 0 Å². The topological polar surface area (TPSA) is 101 Å². The van der Waals surface area contributed by atoms with E-state index in [0.717, 1.165) is 6.26 Å². The van der Waals surface area contributed by atoms with Gasteiger partial charge in [-0.15, -0.1) is 0 Å². The minimum absolute atomic E-state index is 0.183. The number of rotatable bonds is 5. The van der Waals surface area contributed by atoms with Crippen LogP contribution < -0.4 is 4.72 Å². The fourth-order valence-corrected chi connectivity index (χ4v) is 3.65. The van der Waals surface area contributed by atoms with Crippen molar-refractivity contribution in [3.05, 3.63) is 0 Å². The van der Waals surface area contributed by atoms with E-state index in [0.29, 0.717) is 0 Å². The second-order valence-electron chi connectivity index (χ2n) is 2.86. The Bertz CT molecular complexity index is 341. The number of sulfonamides is 1. The average molecular weight is 231 g/mol. The third kappa shape index (κ3) is 8.16. The van der Waals surface area contributed by atoms with Crippen molar-refractivity contribution in [2.45, 2.75) is 13.0 Å². The first-order valence-corrected chi connectivity index (χ1v) is 7.17. The predicted octanol–water partition coefficient (Wildman–Crippen LogP) is -1.71. The first-order valence-electron chi connectivity index (χ1n) is 3.45. The zero-order valence-corrected chi connectivity index (χ0v) is 9.02. The van der Waals surface area contributed by atoms with Crippen LogP contribution in [0, 0.1) is 0 Å². The monoisotopic (exact) mass is 231 g/mol. The Kier molecular flexibility index (Phi) is 4.30. The molecule has 0 spiro atoms. The summed E-state index contributed by atoms with van der Waals surface area (Å²) in [5, 5.41) is 7.79. The molecule has 0 aromatic rings. The molecule has 0 amide bonds. The van der Waals surface area contributed by atoms with Crippen LogP contribution in [0.25, 0.3) is 0 Å². The van der Waals surface area contributed by atoms with Crippen molar-refractivity contribution in [2.24, 2.45) is 0 Å². The fraction of sp³-hybridized carbons (Fsp3) is 1.00. The van der Waals surface area contributed by atoms with Crippen molar-refractivity contribution in [1.82, 2.24) is 4.72 Å². The van der Waals surface area contributed by atoms with Gasteiger partial charge in [-0.2, -0.15) is 0 Å². The van der Waals surface area contributed by atoms with Gasteiger partial charge in [0.05, 0.1) is 6.10 Å². The van der Waals surface area contributed by atoms with Crippen LogP contribution in [0.1, 0.15) is 6.92 Å². The van der Waals surface area contributed by atoms with Crippen molar-refractivity contribution in [3.8, 4) is 0 Å². The Labute approximate surface area is 77.9 Å². The molecule has 1 atom stereocenters. The number of sulfone groups is 1. The zero-order chi connectivity index (χ0) is 10.7. The van der Waals surface area contributed by atoms with Crippen LogP contribution in [0.15, 0.2) is 0 Å². The Balaban J connectivity index is 4.28. The maximum atomic E-state index is 10.9. The van der Waals surface area contributed by atoms with Crippen molar-refractivity contribution in [3.63, 3.8) is 0 Å². The molecule has 0 rings (SSSR count). The summed E-state index contributed by atoms with van der Waals surface area (Å²) in [5.41, 5.74) is 0. The van der Waals surface area contributed by atoms with Gasteiger partial charge in [-0.1, -0.05) is 0 Å². The van der Waals surface area contributed by atoms with Gasteiger partial charge in [0.25, 0.3) is 0 Å². The van der Waals surface area contributed by atoms with Crippen LogP contribution in [0.3, 0.4) is 0 Å². The second kappa shape index (κ2) is 4.36. The molecule has 8 heteroatoms. The van der Waals surface area contributed by atoms with E-state index in [2.05, 4.69) is 0 Å². The lowest BCUT2D eigenvalue weighted by molar-refractivity contribution is 0.198.